The Morgan fingerprint density at radius 3 is 2.91 bits per heavy atom. The van der Waals surface area contributed by atoms with E-state index in [1.165, 1.54) is 16.9 Å². The Balaban J connectivity index is 2.00. The number of thiophene rings is 1. The van der Waals surface area contributed by atoms with Crippen LogP contribution in [0.5, 0.6) is 5.75 Å². The monoisotopic (exact) mass is 486 g/mol. The third-order valence-electron chi connectivity index (χ3n) is 3.64. The molecular weight excluding hydrogens is 475 g/mol. The smallest absolute Gasteiger partial charge is 0.137 e. The second kappa shape index (κ2) is 6.69. The van der Waals surface area contributed by atoms with Gasteiger partial charge in [-0.25, -0.2) is 4.99 Å². The summed E-state index contributed by atoms with van der Waals surface area (Å²) < 4.78 is 1.65. The zero-order valence-electron chi connectivity index (χ0n) is 11.6. The summed E-state index contributed by atoms with van der Waals surface area (Å²) in [6.07, 6.45) is 5.99. The van der Waals surface area contributed by atoms with Gasteiger partial charge in [0.2, 0.25) is 0 Å². The molecule has 0 fully saturated rings. The maximum atomic E-state index is 10.1. The van der Waals surface area contributed by atoms with Gasteiger partial charge in [0.05, 0.1) is 9.13 Å². The van der Waals surface area contributed by atoms with Crippen LogP contribution in [0.2, 0.25) is 0 Å². The molecular formula is C16H12BrIN2OS. The van der Waals surface area contributed by atoms with Crippen molar-refractivity contribution in [3.8, 4) is 11.8 Å². The summed E-state index contributed by atoms with van der Waals surface area (Å²) in [6, 6.07) is 5.97. The number of halogens is 2. The van der Waals surface area contributed by atoms with Gasteiger partial charge >= 0.3 is 0 Å². The molecule has 112 valence electrons. The fraction of sp³-hybridized carbons (Fsp3) is 0.250. The first-order chi connectivity index (χ1) is 10.6. The third kappa shape index (κ3) is 3.07. The van der Waals surface area contributed by atoms with E-state index in [0.717, 1.165) is 32.3 Å². The molecule has 1 N–H and O–H groups in total. The summed E-state index contributed by atoms with van der Waals surface area (Å²) in [5.74, 6) is 0.215. The quantitative estimate of drug-likeness (QED) is 0.461. The van der Waals surface area contributed by atoms with E-state index >= 15 is 0 Å². The second-order valence-electron chi connectivity index (χ2n) is 5.09. The molecule has 0 spiro atoms. The molecule has 0 aliphatic heterocycles. The minimum atomic E-state index is 0.215. The van der Waals surface area contributed by atoms with Gasteiger partial charge in [-0.15, -0.1) is 11.3 Å². The Bertz CT molecular complexity index is 807. The number of rotatable bonds is 2. The van der Waals surface area contributed by atoms with Crippen molar-refractivity contribution in [2.24, 2.45) is 4.99 Å². The molecule has 2 aromatic rings. The Morgan fingerprint density at radius 1 is 1.36 bits per heavy atom. The SMILES string of the molecule is N#Cc1c(/N=C/c2cc(Br)cc(I)c2O)sc2c1CCCC2. The molecule has 0 bridgehead atoms. The second-order valence-corrected chi connectivity index (χ2v) is 8.25. The lowest BCUT2D eigenvalue weighted by Crippen LogP contribution is -1.99. The van der Waals surface area contributed by atoms with Crippen molar-refractivity contribution in [2.75, 3.05) is 0 Å². The molecule has 1 heterocycles. The van der Waals surface area contributed by atoms with Gasteiger partial charge in [-0.2, -0.15) is 5.26 Å². The lowest BCUT2D eigenvalue weighted by Gasteiger charge is -2.09. The van der Waals surface area contributed by atoms with Crippen LogP contribution in [0, 0.1) is 14.9 Å². The number of nitriles is 1. The van der Waals surface area contributed by atoms with Crippen LogP contribution < -0.4 is 0 Å². The van der Waals surface area contributed by atoms with Crippen LogP contribution in [0.1, 0.15) is 34.4 Å². The Kier molecular flexibility index (Phi) is 4.85. The summed E-state index contributed by atoms with van der Waals surface area (Å²) >= 11 is 7.11. The summed E-state index contributed by atoms with van der Waals surface area (Å²) in [5, 5.41) is 20.3. The molecule has 0 saturated carbocycles. The van der Waals surface area contributed by atoms with E-state index in [4.69, 9.17) is 0 Å². The van der Waals surface area contributed by atoms with Crippen LogP contribution in [0.15, 0.2) is 21.6 Å². The molecule has 3 nitrogen and oxygen atoms in total. The topological polar surface area (TPSA) is 56.4 Å². The average Bonchev–Trinajstić information content (AvgIpc) is 2.86. The molecule has 6 heteroatoms. The van der Waals surface area contributed by atoms with Gasteiger partial charge in [0, 0.05) is 21.1 Å². The van der Waals surface area contributed by atoms with Gasteiger partial charge in [-0.05, 0) is 66.0 Å². The van der Waals surface area contributed by atoms with E-state index in [-0.39, 0.29) is 5.75 Å². The van der Waals surface area contributed by atoms with Crippen LogP contribution in [0.4, 0.5) is 5.00 Å². The Hall–Kier alpha value is -0.910. The lowest BCUT2D eigenvalue weighted by molar-refractivity contribution is 0.470. The first kappa shape index (κ1) is 16.0. The van der Waals surface area contributed by atoms with Crippen molar-refractivity contribution in [3.63, 3.8) is 0 Å². The highest BCUT2D eigenvalue weighted by atomic mass is 127. The van der Waals surface area contributed by atoms with Gasteiger partial charge in [-0.3, -0.25) is 0 Å². The first-order valence-corrected chi connectivity index (χ1v) is 9.55. The molecule has 0 radical (unpaired) electrons. The molecule has 1 aromatic heterocycles. The number of fused-ring (bicyclic) bond motifs is 1. The van der Waals surface area contributed by atoms with Crippen LogP contribution in [0.25, 0.3) is 0 Å². The molecule has 0 unspecified atom stereocenters. The lowest BCUT2D eigenvalue weighted by atomic mass is 9.96. The molecule has 0 atom stereocenters. The largest absolute Gasteiger partial charge is 0.506 e. The summed E-state index contributed by atoms with van der Waals surface area (Å²) in [4.78, 5) is 5.78. The van der Waals surface area contributed by atoms with Crippen LogP contribution in [0.3, 0.4) is 0 Å². The van der Waals surface area contributed by atoms with Gasteiger partial charge in [0.1, 0.15) is 16.8 Å². The van der Waals surface area contributed by atoms with Crippen LogP contribution in [-0.4, -0.2) is 11.3 Å². The number of hydrogen-bond acceptors (Lipinski definition) is 4. The number of benzene rings is 1. The number of phenols is 1. The van der Waals surface area contributed by atoms with Gasteiger partial charge in [0.25, 0.3) is 0 Å². The van der Waals surface area contributed by atoms with E-state index < -0.39 is 0 Å². The average molecular weight is 487 g/mol. The zero-order valence-corrected chi connectivity index (χ0v) is 16.1. The van der Waals surface area contributed by atoms with Crippen molar-refractivity contribution in [1.29, 1.82) is 5.26 Å². The van der Waals surface area contributed by atoms with Crippen molar-refractivity contribution >= 4 is 61.1 Å². The van der Waals surface area contributed by atoms with Crippen molar-refractivity contribution < 1.29 is 5.11 Å². The molecule has 1 aromatic carbocycles. The van der Waals surface area contributed by atoms with E-state index in [1.807, 2.05) is 12.1 Å². The number of aromatic hydroxyl groups is 1. The Labute approximate surface area is 155 Å². The predicted octanol–water partition coefficient (Wildman–Crippen LogP) is 5.32. The normalized spacial score (nSPS) is 14.0. The fourth-order valence-corrected chi connectivity index (χ4v) is 5.30. The third-order valence-corrected chi connectivity index (χ3v) is 6.12. The van der Waals surface area contributed by atoms with Crippen molar-refractivity contribution in [2.45, 2.75) is 25.7 Å². The predicted molar refractivity (Wildman–Crippen MR) is 101 cm³/mol. The van der Waals surface area contributed by atoms with E-state index in [2.05, 4.69) is 49.6 Å². The number of hydrogen-bond donors (Lipinski definition) is 1. The minimum Gasteiger partial charge on any atom is -0.506 e. The highest BCUT2D eigenvalue weighted by Gasteiger charge is 2.20. The van der Waals surface area contributed by atoms with Gasteiger partial charge in [0.15, 0.2) is 0 Å². The molecule has 0 amide bonds. The van der Waals surface area contributed by atoms with E-state index in [0.29, 0.717) is 11.1 Å². The number of aliphatic imine (C=N–C) groups is 1. The number of nitrogens with zero attached hydrogens (tertiary/aromatic N) is 2. The molecule has 3 rings (SSSR count). The van der Waals surface area contributed by atoms with Gasteiger partial charge in [-0.1, -0.05) is 15.9 Å². The molecule has 1 aliphatic rings. The van der Waals surface area contributed by atoms with Crippen molar-refractivity contribution in [1.82, 2.24) is 0 Å². The maximum Gasteiger partial charge on any atom is 0.137 e. The fourth-order valence-electron chi connectivity index (χ4n) is 2.57. The minimum absolute atomic E-state index is 0.215. The number of phenolic OH excluding ortho intramolecular Hbond substituents is 1. The molecule has 0 saturated heterocycles. The standard InChI is InChI=1S/C16H12BrIN2OS/c17-10-5-9(15(21)13(18)6-10)8-20-16-12(7-19)11-3-1-2-4-14(11)22-16/h5-6,8,21H,1-4H2/b20-8+. The first-order valence-electron chi connectivity index (χ1n) is 6.87. The van der Waals surface area contributed by atoms with E-state index in [1.54, 1.807) is 17.6 Å². The molecule has 1 aliphatic carbocycles. The summed E-state index contributed by atoms with van der Waals surface area (Å²) in [7, 11) is 0. The van der Waals surface area contributed by atoms with Crippen LogP contribution in [-0.2, 0) is 12.8 Å². The highest BCUT2D eigenvalue weighted by Crippen LogP contribution is 2.39. The Morgan fingerprint density at radius 2 is 2.14 bits per heavy atom. The summed E-state index contributed by atoms with van der Waals surface area (Å²) in [5.41, 5.74) is 2.54. The highest BCUT2D eigenvalue weighted by molar-refractivity contribution is 14.1. The molecule has 22 heavy (non-hydrogen) atoms. The van der Waals surface area contributed by atoms with E-state index in [9.17, 15) is 10.4 Å². The summed E-state index contributed by atoms with van der Waals surface area (Å²) in [6.45, 7) is 0. The number of aryl methyl sites for hydroxylation is 1. The zero-order chi connectivity index (χ0) is 15.7. The van der Waals surface area contributed by atoms with Crippen LogP contribution >= 0.6 is 49.9 Å². The van der Waals surface area contributed by atoms with Crippen molar-refractivity contribution in [3.05, 3.63) is 41.7 Å². The van der Waals surface area contributed by atoms with Gasteiger partial charge < -0.3 is 5.11 Å². The maximum absolute atomic E-state index is 10.1.